The van der Waals surface area contributed by atoms with Crippen LogP contribution in [0.1, 0.15) is 39.2 Å². The summed E-state index contributed by atoms with van der Waals surface area (Å²) in [4.78, 5) is 30.8. The summed E-state index contributed by atoms with van der Waals surface area (Å²) in [5.41, 5.74) is 8.26. The fourth-order valence-corrected chi connectivity index (χ4v) is 3.82. The Morgan fingerprint density at radius 1 is 1.11 bits per heavy atom. The molecule has 190 valence electrons. The molecule has 0 unspecified atom stereocenters. The van der Waals surface area contributed by atoms with Crippen molar-refractivity contribution in [3.8, 4) is 0 Å². The summed E-state index contributed by atoms with van der Waals surface area (Å²) in [7, 11) is 1.28. The highest BCUT2D eigenvalue weighted by molar-refractivity contribution is 5.93. The molecule has 2 aromatic carbocycles. The van der Waals surface area contributed by atoms with Gasteiger partial charge in [-0.05, 0) is 73.2 Å². The van der Waals surface area contributed by atoms with Crippen molar-refractivity contribution in [3.63, 3.8) is 0 Å². The van der Waals surface area contributed by atoms with E-state index in [-0.39, 0.29) is 5.70 Å². The van der Waals surface area contributed by atoms with Crippen molar-refractivity contribution >= 4 is 34.4 Å². The molecule has 1 amide bonds. The fourth-order valence-electron chi connectivity index (χ4n) is 3.82. The largest absolute Gasteiger partial charge is 0.464 e. The van der Waals surface area contributed by atoms with Crippen LogP contribution in [-0.2, 0) is 14.3 Å². The maximum absolute atomic E-state index is 12.3. The number of methoxy groups -OCH3 is 1. The van der Waals surface area contributed by atoms with E-state index in [4.69, 9.17) is 15.2 Å². The molecule has 1 aliphatic heterocycles. The Morgan fingerprint density at radius 2 is 1.78 bits per heavy atom. The highest BCUT2D eigenvalue weighted by Gasteiger charge is 2.25. The molecule has 3 N–H and O–H groups in total. The summed E-state index contributed by atoms with van der Waals surface area (Å²) in [6.07, 6.45) is 3.80. The zero-order valence-electron chi connectivity index (χ0n) is 21.3. The van der Waals surface area contributed by atoms with Gasteiger partial charge in [-0.3, -0.25) is 5.32 Å². The van der Waals surface area contributed by atoms with Gasteiger partial charge in [-0.25, -0.2) is 14.6 Å². The Balaban J connectivity index is 1.62. The number of ether oxygens (including phenoxy) is 2. The Bertz CT molecular complexity index is 1230. The van der Waals surface area contributed by atoms with E-state index in [9.17, 15) is 9.59 Å². The number of fused-ring (bicyclic) bond motifs is 1. The van der Waals surface area contributed by atoms with E-state index >= 15 is 0 Å². The van der Waals surface area contributed by atoms with Crippen molar-refractivity contribution in [1.29, 1.82) is 0 Å². The van der Waals surface area contributed by atoms with Crippen LogP contribution in [0, 0.1) is 0 Å². The Hall–Kier alpha value is -4.07. The van der Waals surface area contributed by atoms with Gasteiger partial charge in [0.05, 0.1) is 7.11 Å². The van der Waals surface area contributed by atoms with E-state index in [0.29, 0.717) is 31.9 Å². The van der Waals surface area contributed by atoms with Gasteiger partial charge < -0.3 is 20.1 Å². The third kappa shape index (κ3) is 7.21. The van der Waals surface area contributed by atoms with Gasteiger partial charge >= 0.3 is 12.1 Å². The zero-order valence-corrected chi connectivity index (χ0v) is 21.3. The van der Waals surface area contributed by atoms with Crippen LogP contribution < -0.4 is 11.1 Å². The first-order chi connectivity index (χ1) is 17.1. The average molecular weight is 491 g/mol. The molecule has 36 heavy (non-hydrogen) atoms. The molecular weight excluding hydrogens is 456 g/mol. The number of nitrogens with one attached hydrogen (secondary N) is 1. The minimum atomic E-state index is -0.698. The molecule has 8 nitrogen and oxygen atoms in total. The molecule has 1 fully saturated rings. The van der Waals surface area contributed by atoms with Gasteiger partial charge in [0, 0.05) is 19.3 Å². The van der Waals surface area contributed by atoms with Crippen molar-refractivity contribution in [2.45, 2.75) is 39.2 Å². The maximum Gasteiger partial charge on any atom is 0.412 e. The van der Waals surface area contributed by atoms with Crippen LogP contribution in [-0.4, -0.2) is 48.7 Å². The number of benzene rings is 2. The number of amides is 1. The number of nitrogens with zero attached hydrogens (tertiary/aromatic N) is 2. The van der Waals surface area contributed by atoms with Gasteiger partial charge in [-0.1, -0.05) is 43.0 Å². The van der Waals surface area contributed by atoms with Crippen molar-refractivity contribution in [1.82, 2.24) is 10.2 Å². The fraction of sp³-hybridized carbons (Fsp3) is 0.321. The molecule has 0 aliphatic carbocycles. The number of esters is 1. The number of nitrogens with two attached hydrogens (primary N) is 1. The molecule has 1 saturated heterocycles. The topological polar surface area (TPSA) is 106 Å². The van der Waals surface area contributed by atoms with Crippen molar-refractivity contribution in [2.75, 3.05) is 20.2 Å². The molecule has 0 radical (unpaired) electrons. The first-order valence-electron chi connectivity index (χ1n) is 11.8. The number of rotatable bonds is 5. The van der Waals surface area contributed by atoms with Crippen LogP contribution in [0.5, 0.6) is 0 Å². The number of piperidine rings is 1. The zero-order chi connectivity index (χ0) is 26.3. The van der Waals surface area contributed by atoms with Gasteiger partial charge in [-0.15, -0.1) is 0 Å². The molecule has 1 heterocycles. The highest BCUT2D eigenvalue weighted by atomic mass is 16.6. The van der Waals surface area contributed by atoms with E-state index in [1.165, 1.54) is 12.5 Å². The summed E-state index contributed by atoms with van der Waals surface area (Å²) in [5, 5.41) is 4.88. The third-order valence-corrected chi connectivity index (χ3v) is 5.66. The monoisotopic (exact) mass is 490 g/mol. The molecule has 0 bridgehead atoms. The second-order valence-corrected chi connectivity index (χ2v) is 9.47. The summed E-state index contributed by atoms with van der Waals surface area (Å²) in [6.45, 7) is 10.5. The van der Waals surface area contributed by atoms with E-state index in [0.717, 1.165) is 22.1 Å². The van der Waals surface area contributed by atoms with Crippen molar-refractivity contribution < 1.29 is 19.1 Å². The number of guanidine groups is 1. The summed E-state index contributed by atoms with van der Waals surface area (Å²) in [5.74, 6) is -0.239. The van der Waals surface area contributed by atoms with Crippen LogP contribution in [0.2, 0.25) is 0 Å². The lowest BCUT2D eigenvalue weighted by molar-refractivity contribution is -0.136. The number of hydrogen-bond donors (Lipinski definition) is 2. The number of carbonyl (C=O) groups is 2. The number of allylic oxidation sites excluding steroid dienone is 2. The van der Waals surface area contributed by atoms with Gasteiger partial charge in [-0.2, -0.15) is 0 Å². The summed E-state index contributed by atoms with van der Waals surface area (Å²) in [6, 6.07) is 14.4. The van der Waals surface area contributed by atoms with E-state index in [1.807, 2.05) is 29.2 Å². The SMILES string of the molecule is C=C(/C=C\N=C(N)N1CCC(=C(NC(=O)OC(C)(C)C)C(=O)OC)CC1)c1ccc2ccccc2c1. The van der Waals surface area contributed by atoms with Crippen LogP contribution >= 0.6 is 0 Å². The second-order valence-electron chi connectivity index (χ2n) is 9.47. The standard InChI is InChI=1S/C28H34N4O4/c1-19(22-11-10-20-8-6-7-9-23(20)18-22)12-15-30-26(29)32-16-13-21(14-17-32)24(25(33)35-5)31-27(34)36-28(2,3)4/h6-12,15,18H,1,13-14,16-17H2,2-5H3,(H2,29,30)(H,31,34)/b15-12-. The molecule has 0 spiro atoms. The van der Waals surface area contributed by atoms with Crippen molar-refractivity contribution in [2.24, 2.45) is 10.7 Å². The third-order valence-electron chi connectivity index (χ3n) is 5.66. The molecule has 0 atom stereocenters. The first-order valence-corrected chi connectivity index (χ1v) is 11.8. The molecule has 3 rings (SSSR count). The second kappa shape index (κ2) is 11.6. The lowest BCUT2D eigenvalue weighted by Crippen LogP contribution is -2.42. The van der Waals surface area contributed by atoms with Crippen molar-refractivity contribution in [3.05, 3.63) is 78.2 Å². The average Bonchev–Trinajstić information content (AvgIpc) is 2.85. The summed E-state index contributed by atoms with van der Waals surface area (Å²) >= 11 is 0. The molecule has 1 aliphatic rings. The Kier molecular flexibility index (Phi) is 8.53. The van der Waals surface area contributed by atoms with Gasteiger partial charge in [0.1, 0.15) is 11.3 Å². The highest BCUT2D eigenvalue weighted by Crippen LogP contribution is 2.22. The molecule has 8 heteroatoms. The minimum Gasteiger partial charge on any atom is -0.464 e. The lowest BCUT2D eigenvalue weighted by Gasteiger charge is -2.30. The minimum absolute atomic E-state index is 0.119. The molecule has 0 saturated carbocycles. The number of carbonyl (C=O) groups excluding carboxylic acids is 2. The molecular formula is C28H34N4O4. The smallest absolute Gasteiger partial charge is 0.412 e. The lowest BCUT2D eigenvalue weighted by atomic mass is 10.0. The van der Waals surface area contributed by atoms with Gasteiger partial charge in [0.2, 0.25) is 0 Å². The van der Waals surface area contributed by atoms with E-state index in [1.54, 1.807) is 27.0 Å². The predicted molar refractivity (Wildman–Crippen MR) is 143 cm³/mol. The number of hydrogen-bond acceptors (Lipinski definition) is 5. The van der Waals surface area contributed by atoms with E-state index < -0.39 is 17.7 Å². The number of aliphatic imine (C=N–C) groups is 1. The molecule has 2 aromatic rings. The summed E-state index contributed by atoms with van der Waals surface area (Å²) < 4.78 is 10.1. The number of alkyl carbamates (subject to hydrolysis) is 1. The van der Waals surface area contributed by atoms with E-state index in [2.05, 4.69) is 41.2 Å². The number of likely N-dealkylation sites (tertiary alicyclic amines) is 1. The molecule has 0 aromatic heterocycles. The predicted octanol–water partition coefficient (Wildman–Crippen LogP) is 4.73. The van der Waals surface area contributed by atoms with Gasteiger partial charge in [0.25, 0.3) is 0 Å². The maximum atomic E-state index is 12.3. The quantitative estimate of drug-likeness (QED) is 0.206. The van der Waals surface area contributed by atoms with Crippen LogP contribution in [0.25, 0.3) is 16.3 Å². The van der Waals surface area contributed by atoms with Crippen LogP contribution in [0.4, 0.5) is 4.79 Å². The van der Waals surface area contributed by atoms with Crippen LogP contribution in [0.15, 0.2) is 77.6 Å². The Labute approximate surface area is 212 Å². The Morgan fingerprint density at radius 3 is 2.42 bits per heavy atom. The normalized spacial score (nSPS) is 14.6. The first kappa shape index (κ1) is 26.5. The van der Waals surface area contributed by atoms with Crippen LogP contribution in [0.3, 0.4) is 0 Å². The van der Waals surface area contributed by atoms with Gasteiger partial charge in [0.15, 0.2) is 5.96 Å².